The molecule has 1 unspecified atom stereocenters. The quantitative estimate of drug-likeness (QED) is 0.772. The van der Waals surface area contributed by atoms with Crippen LogP contribution in [0, 0.1) is 12.8 Å². The molecule has 2 rings (SSSR count). The summed E-state index contributed by atoms with van der Waals surface area (Å²) in [5, 5.41) is 0.819. The van der Waals surface area contributed by atoms with Crippen LogP contribution in [0.5, 0.6) is 0 Å². The maximum absolute atomic E-state index is 6.12. The maximum atomic E-state index is 6.12. The van der Waals surface area contributed by atoms with Crippen LogP contribution in [0.3, 0.4) is 0 Å². The van der Waals surface area contributed by atoms with Gasteiger partial charge in [0.2, 0.25) is 0 Å². The summed E-state index contributed by atoms with van der Waals surface area (Å²) in [5.41, 5.74) is 8.36. The van der Waals surface area contributed by atoms with Gasteiger partial charge in [-0.05, 0) is 42.9 Å². The van der Waals surface area contributed by atoms with E-state index in [-0.39, 0.29) is 6.04 Å². The van der Waals surface area contributed by atoms with Gasteiger partial charge in [-0.1, -0.05) is 23.7 Å². The molecule has 70 valence electrons. The van der Waals surface area contributed by atoms with Gasteiger partial charge in [0.05, 0.1) is 0 Å². The first-order valence-corrected chi connectivity index (χ1v) is 5.08. The van der Waals surface area contributed by atoms with Gasteiger partial charge in [0.1, 0.15) is 0 Å². The predicted octanol–water partition coefficient (Wildman–Crippen LogP) is 3.06. The summed E-state index contributed by atoms with van der Waals surface area (Å²) >= 11 is 6.12. The fourth-order valence-corrected chi connectivity index (χ4v) is 1.97. The highest BCUT2D eigenvalue weighted by molar-refractivity contribution is 6.31. The van der Waals surface area contributed by atoms with Crippen molar-refractivity contribution in [2.45, 2.75) is 25.8 Å². The normalized spacial score (nSPS) is 18.7. The zero-order valence-corrected chi connectivity index (χ0v) is 8.51. The van der Waals surface area contributed by atoms with E-state index in [0.29, 0.717) is 5.92 Å². The lowest BCUT2D eigenvalue weighted by molar-refractivity contribution is 0.633. The molecule has 1 aliphatic rings. The van der Waals surface area contributed by atoms with Gasteiger partial charge in [-0.2, -0.15) is 0 Å². The molecule has 1 atom stereocenters. The fourth-order valence-electron chi connectivity index (χ4n) is 1.61. The lowest BCUT2D eigenvalue weighted by Gasteiger charge is -2.12. The third-order valence-corrected chi connectivity index (χ3v) is 2.97. The van der Waals surface area contributed by atoms with Gasteiger partial charge >= 0.3 is 0 Å². The maximum Gasteiger partial charge on any atom is 0.0456 e. The standard InChI is InChI=1S/C11H14ClN/c1-7-2-5-9(10(12)6-7)11(13)8-3-4-8/h2,5-6,8,11H,3-4,13H2,1H3. The highest BCUT2D eigenvalue weighted by atomic mass is 35.5. The van der Waals surface area contributed by atoms with Crippen molar-refractivity contribution < 1.29 is 0 Å². The SMILES string of the molecule is Cc1ccc(C(N)C2CC2)c(Cl)c1. The third kappa shape index (κ3) is 1.87. The van der Waals surface area contributed by atoms with Crippen molar-refractivity contribution in [2.75, 3.05) is 0 Å². The number of benzene rings is 1. The fraction of sp³-hybridized carbons (Fsp3) is 0.455. The van der Waals surface area contributed by atoms with Gasteiger partial charge in [0.15, 0.2) is 0 Å². The molecule has 0 radical (unpaired) electrons. The van der Waals surface area contributed by atoms with Crippen LogP contribution in [0.15, 0.2) is 18.2 Å². The second kappa shape index (κ2) is 3.32. The second-order valence-corrected chi connectivity index (χ2v) is 4.30. The van der Waals surface area contributed by atoms with Crippen LogP contribution in [0.4, 0.5) is 0 Å². The summed E-state index contributed by atoms with van der Waals surface area (Å²) in [6.45, 7) is 2.04. The molecule has 0 aromatic heterocycles. The molecule has 0 heterocycles. The Kier molecular flexibility index (Phi) is 2.31. The summed E-state index contributed by atoms with van der Waals surface area (Å²) in [4.78, 5) is 0. The van der Waals surface area contributed by atoms with E-state index in [0.717, 1.165) is 10.6 Å². The Morgan fingerprint density at radius 1 is 1.46 bits per heavy atom. The van der Waals surface area contributed by atoms with Gasteiger partial charge in [-0.3, -0.25) is 0 Å². The molecule has 1 aromatic rings. The van der Waals surface area contributed by atoms with Crippen molar-refractivity contribution in [3.05, 3.63) is 34.3 Å². The van der Waals surface area contributed by atoms with Gasteiger partial charge in [-0.25, -0.2) is 0 Å². The largest absolute Gasteiger partial charge is 0.324 e. The zero-order chi connectivity index (χ0) is 9.42. The highest BCUT2D eigenvalue weighted by Gasteiger charge is 2.30. The topological polar surface area (TPSA) is 26.0 Å². The van der Waals surface area contributed by atoms with Gasteiger partial charge in [0, 0.05) is 11.1 Å². The Morgan fingerprint density at radius 2 is 2.15 bits per heavy atom. The van der Waals surface area contributed by atoms with Crippen LogP contribution in [-0.2, 0) is 0 Å². The van der Waals surface area contributed by atoms with E-state index in [1.807, 2.05) is 13.0 Å². The summed E-state index contributed by atoms with van der Waals surface area (Å²) in [5.74, 6) is 0.667. The summed E-state index contributed by atoms with van der Waals surface area (Å²) in [7, 11) is 0. The number of hydrogen-bond acceptors (Lipinski definition) is 1. The van der Waals surface area contributed by atoms with Crippen LogP contribution in [0.2, 0.25) is 5.02 Å². The Labute approximate surface area is 83.9 Å². The molecule has 1 aliphatic carbocycles. The Hall–Kier alpha value is -0.530. The average molecular weight is 196 g/mol. The molecular formula is C11H14ClN. The van der Waals surface area contributed by atoms with Crippen molar-refractivity contribution in [1.82, 2.24) is 0 Å². The van der Waals surface area contributed by atoms with Crippen LogP contribution in [0.1, 0.15) is 30.0 Å². The third-order valence-electron chi connectivity index (χ3n) is 2.64. The van der Waals surface area contributed by atoms with Crippen molar-refractivity contribution in [2.24, 2.45) is 11.7 Å². The molecule has 13 heavy (non-hydrogen) atoms. The smallest absolute Gasteiger partial charge is 0.0456 e. The van der Waals surface area contributed by atoms with E-state index in [1.165, 1.54) is 18.4 Å². The van der Waals surface area contributed by atoms with Crippen LogP contribution < -0.4 is 5.73 Å². The number of hydrogen-bond donors (Lipinski definition) is 1. The van der Waals surface area contributed by atoms with Crippen LogP contribution >= 0.6 is 11.6 Å². The summed E-state index contributed by atoms with van der Waals surface area (Å²) < 4.78 is 0. The predicted molar refractivity (Wildman–Crippen MR) is 55.8 cm³/mol. The molecule has 1 saturated carbocycles. The van der Waals surface area contributed by atoms with E-state index in [9.17, 15) is 0 Å². The van der Waals surface area contributed by atoms with Gasteiger partial charge < -0.3 is 5.73 Å². The van der Waals surface area contributed by atoms with Crippen molar-refractivity contribution in [3.8, 4) is 0 Å². The van der Waals surface area contributed by atoms with Crippen molar-refractivity contribution >= 4 is 11.6 Å². The number of nitrogens with two attached hydrogens (primary N) is 1. The summed E-state index contributed by atoms with van der Waals surface area (Å²) in [6, 6.07) is 6.26. The first kappa shape index (κ1) is 9.04. The molecule has 2 N–H and O–H groups in total. The molecule has 0 aliphatic heterocycles. The summed E-state index contributed by atoms with van der Waals surface area (Å²) in [6.07, 6.45) is 2.51. The Balaban J connectivity index is 2.28. The first-order valence-electron chi connectivity index (χ1n) is 4.70. The molecule has 0 spiro atoms. The monoisotopic (exact) mass is 195 g/mol. The highest BCUT2D eigenvalue weighted by Crippen LogP contribution is 2.41. The molecule has 0 bridgehead atoms. The Bertz CT molecular complexity index is 318. The average Bonchev–Trinajstić information content (AvgIpc) is 2.85. The lowest BCUT2D eigenvalue weighted by atomic mass is 10.0. The van der Waals surface area contributed by atoms with E-state index >= 15 is 0 Å². The lowest BCUT2D eigenvalue weighted by Crippen LogP contribution is -2.12. The molecule has 1 aromatic carbocycles. The van der Waals surface area contributed by atoms with E-state index in [4.69, 9.17) is 17.3 Å². The first-order chi connectivity index (χ1) is 6.18. The van der Waals surface area contributed by atoms with Gasteiger partial charge in [0.25, 0.3) is 0 Å². The van der Waals surface area contributed by atoms with E-state index in [1.54, 1.807) is 0 Å². The molecular weight excluding hydrogens is 182 g/mol. The molecule has 1 fully saturated rings. The van der Waals surface area contributed by atoms with E-state index < -0.39 is 0 Å². The number of aryl methyl sites for hydroxylation is 1. The van der Waals surface area contributed by atoms with Crippen molar-refractivity contribution in [3.63, 3.8) is 0 Å². The molecule has 1 nitrogen and oxygen atoms in total. The number of halogens is 1. The Morgan fingerprint density at radius 3 is 2.69 bits per heavy atom. The minimum absolute atomic E-state index is 0.146. The molecule has 0 saturated heterocycles. The molecule has 0 amide bonds. The molecule has 2 heteroatoms. The van der Waals surface area contributed by atoms with Crippen LogP contribution in [-0.4, -0.2) is 0 Å². The second-order valence-electron chi connectivity index (χ2n) is 3.89. The van der Waals surface area contributed by atoms with E-state index in [2.05, 4.69) is 12.1 Å². The van der Waals surface area contributed by atoms with Crippen molar-refractivity contribution in [1.29, 1.82) is 0 Å². The minimum atomic E-state index is 0.146. The minimum Gasteiger partial charge on any atom is -0.324 e. The van der Waals surface area contributed by atoms with Crippen LogP contribution in [0.25, 0.3) is 0 Å². The van der Waals surface area contributed by atoms with Gasteiger partial charge in [-0.15, -0.1) is 0 Å². The number of rotatable bonds is 2. The zero-order valence-electron chi connectivity index (χ0n) is 7.76.